The van der Waals surface area contributed by atoms with Crippen LogP contribution >= 0.6 is 22.6 Å². The molecule has 1 unspecified atom stereocenters. The number of hydrogen-bond acceptors (Lipinski definition) is 3. The average molecular weight is 543 g/mol. The van der Waals surface area contributed by atoms with E-state index in [1.807, 2.05) is 6.07 Å². The molecule has 1 aromatic rings. The Hall–Kier alpha value is -0.380. The second-order valence-corrected chi connectivity index (χ2v) is 6.63. The molecule has 0 radical (unpaired) electrons. The minimum Gasteiger partial charge on any atom is -1.00 e. The second kappa shape index (κ2) is 9.80. The van der Waals surface area contributed by atoms with Crippen LogP contribution in [0.25, 0.3) is 0 Å². The topological polar surface area (TPSA) is 38.5 Å². The number of hydrogen-bond donors (Lipinski definition) is 0. The van der Waals surface area contributed by atoms with Crippen molar-refractivity contribution in [2.75, 3.05) is 17.6 Å². The molecule has 23 heavy (non-hydrogen) atoms. The van der Waals surface area contributed by atoms with Gasteiger partial charge in [0.05, 0.1) is 13.0 Å². The van der Waals surface area contributed by atoms with Gasteiger partial charge in [-0.05, 0) is 13.3 Å². The summed E-state index contributed by atoms with van der Waals surface area (Å²) in [5.74, 6) is 0.783. The minimum absolute atomic E-state index is 0. The first-order chi connectivity index (χ1) is 10.5. The fourth-order valence-corrected chi connectivity index (χ4v) is 2.94. The van der Waals surface area contributed by atoms with Gasteiger partial charge in [-0.3, -0.25) is 4.79 Å². The van der Waals surface area contributed by atoms with E-state index < -0.39 is 0 Å². The molecule has 0 spiro atoms. The Morgan fingerprint density at radius 1 is 1.39 bits per heavy atom. The van der Waals surface area contributed by atoms with E-state index in [0.29, 0.717) is 6.61 Å². The van der Waals surface area contributed by atoms with Gasteiger partial charge in [-0.2, -0.15) is 4.58 Å². The lowest BCUT2D eigenvalue weighted by atomic mass is 10.1. The normalized spacial score (nSPS) is 20.0. The lowest BCUT2D eigenvalue weighted by Crippen LogP contribution is -3.00. The maximum absolute atomic E-state index is 10.8. The monoisotopic (exact) mass is 543 g/mol. The Labute approximate surface area is 168 Å². The van der Waals surface area contributed by atoms with Gasteiger partial charge in [-0.15, -0.1) is 0 Å². The molecule has 1 aliphatic heterocycles. The summed E-state index contributed by atoms with van der Waals surface area (Å²) in [5.41, 5.74) is 1.15. The highest BCUT2D eigenvalue weighted by atomic mass is 127. The maximum atomic E-state index is 10.8. The van der Waals surface area contributed by atoms with Gasteiger partial charge in [0, 0.05) is 16.9 Å². The van der Waals surface area contributed by atoms with E-state index in [9.17, 15) is 4.79 Å². The van der Waals surface area contributed by atoms with Gasteiger partial charge in [-0.1, -0.05) is 52.9 Å². The van der Waals surface area contributed by atoms with E-state index in [2.05, 4.69) is 58.4 Å². The van der Waals surface area contributed by atoms with Crippen LogP contribution in [0.5, 0.6) is 0 Å². The maximum Gasteiger partial charge on any atom is 0.337 e. The summed E-state index contributed by atoms with van der Waals surface area (Å²) in [4.78, 5) is 10.8. The molecule has 0 bridgehead atoms. The van der Waals surface area contributed by atoms with E-state index in [4.69, 9.17) is 9.47 Å². The molecule has 1 aromatic carbocycles. The summed E-state index contributed by atoms with van der Waals surface area (Å²) < 4.78 is 14.4. The van der Waals surface area contributed by atoms with Gasteiger partial charge in [0.15, 0.2) is 18.7 Å². The van der Waals surface area contributed by atoms with Gasteiger partial charge in [0.1, 0.15) is 0 Å². The van der Waals surface area contributed by atoms with Crippen LogP contribution in [0.1, 0.15) is 32.3 Å². The molecular weight excluding hydrogens is 520 g/mol. The van der Waals surface area contributed by atoms with Crippen molar-refractivity contribution in [2.45, 2.75) is 38.8 Å². The van der Waals surface area contributed by atoms with Gasteiger partial charge in [0.25, 0.3) is 0 Å². The second-order valence-electron chi connectivity index (χ2n) is 5.86. The van der Waals surface area contributed by atoms with E-state index in [1.54, 1.807) is 0 Å². The Morgan fingerprint density at radius 3 is 2.70 bits per heavy atom. The highest BCUT2D eigenvalue weighted by Gasteiger charge is 2.41. The number of rotatable bonds is 7. The summed E-state index contributed by atoms with van der Waals surface area (Å²) in [5, 5.41) is 0. The zero-order chi connectivity index (χ0) is 16.0. The van der Waals surface area contributed by atoms with Gasteiger partial charge in [0.2, 0.25) is 0 Å². The Kier molecular flexibility index (Phi) is 8.81. The van der Waals surface area contributed by atoms with E-state index >= 15 is 0 Å². The van der Waals surface area contributed by atoms with Gasteiger partial charge in [-0.25, -0.2) is 0 Å². The molecule has 2 rings (SSSR count). The van der Waals surface area contributed by atoms with Crippen LogP contribution < -0.4 is 24.0 Å². The van der Waals surface area contributed by atoms with Crippen molar-refractivity contribution in [3.63, 3.8) is 0 Å². The lowest BCUT2D eigenvalue weighted by molar-refractivity contribution is -0.541. The number of ether oxygens (including phenoxy) is 2. The molecule has 1 atom stereocenters. The van der Waals surface area contributed by atoms with E-state index in [0.717, 1.165) is 36.3 Å². The van der Waals surface area contributed by atoms with Crippen molar-refractivity contribution in [2.24, 2.45) is 0 Å². The molecule has 6 heteroatoms. The van der Waals surface area contributed by atoms with Crippen LogP contribution in [-0.4, -0.2) is 39.6 Å². The van der Waals surface area contributed by atoms with E-state index in [1.165, 1.54) is 12.5 Å². The molecule has 128 valence electrons. The molecule has 0 N–H and O–H groups in total. The number of alkyl halides is 1. The quantitative estimate of drug-likeness (QED) is 0.162. The van der Waals surface area contributed by atoms with Crippen LogP contribution in [0, 0.1) is 0 Å². The van der Waals surface area contributed by atoms with Crippen molar-refractivity contribution in [1.29, 1.82) is 0 Å². The van der Waals surface area contributed by atoms with Crippen molar-refractivity contribution in [1.82, 2.24) is 0 Å². The lowest BCUT2D eigenvalue weighted by Gasteiger charge is -2.16. The number of halogens is 2. The Morgan fingerprint density at radius 2 is 2.09 bits per heavy atom. The third kappa shape index (κ3) is 6.56. The third-order valence-electron chi connectivity index (χ3n) is 3.58. The molecular formula is C17H23I2NO3. The highest BCUT2D eigenvalue weighted by Crippen LogP contribution is 2.23. The predicted octanol–water partition coefficient (Wildman–Crippen LogP) is 0.169. The fraction of sp³-hybridized carbons (Fsp3) is 0.529. The van der Waals surface area contributed by atoms with Gasteiger partial charge < -0.3 is 33.5 Å². The van der Waals surface area contributed by atoms with Crippen molar-refractivity contribution in [3.8, 4) is 0 Å². The first kappa shape index (κ1) is 20.7. The van der Waals surface area contributed by atoms with Crippen LogP contribution in [0.15, 0.2) is 30.3 Å². The first-order valence-electron chi connectivity index (χ1n) is 7.55. The number of carbonyl (C=O) groups is 1. The SMILES string of the molecule is CC(=O)OCCCC1=[N+](Cc2ccccc2)CC(C)(CI)O1.[I-]. The third-order valence-corrected chi connectivity index (χ3v) is 5.20. The number of benzene rings is 1. The number of carbonyl (C=O) groups excluding carboxylic acids is 1. The summed E-state index contributed by atoms with van der Waals surface area (Å²) in [6.07, 6.45) is 1.59. The molecule has 0 aromatic heterocycles. The highest BCUT2D eigenvalue weighted by molar-refractivity contribution is 14.1. The van der Waals surface area contributed by atoms with Crippen LogP contribution in [0.3, 0.4) is 0 Å². The first-order valence-corrected chi connectivity index (χ1v) is 9.08. The van der Waals surface area contributed by atoms with Gasteiger partial charge >= 0.3 is 11.9 Å². The van der Waals surface area contributed by atoms with Crippen LogP contribution in [-0.2, 0) is 20.8 Å². The van der Waals surface area contributed by atoms with Crippen molar-refractivity contribution in [3.05, 3.63) is 35.9 Å². The summed E-state index contributed by atoms with van der Waals surface area (Å²) in [6, 6.07) is 10.4. The molecule has 4 nitrogen and oxygen atoms in total. The average Bonchev–Trinajstić information content (AvgIpc) is 2.81. The molecule has 0 amide bonds. The summed E-state index contributed by atoms with van der Waals surface area (Å²) in [6.45, 7) is 5.79. The molecule has 1 aliphatic rings. The molecule has 0 saturated heterocycles. The minimum atomic E-state index is -0.226. The number of esters is 1. The smallest absolute Gasteiger partial charge is 0.337 e. The van der Waals surface area contributed by atoms with Crippen molar-refractivity contribution < 1.29 is 42.8 Å². The Balaban J connectivity index is 0.00000264. The molecule has 0 saturated carbocycles. The standard InChI is InChI=1S/C17H23INO3.HI/c1-14(20)21-10-6-9-16-19(13-17(2,12-18)22-16)11-15-7-4-3-5-8-15;/h3-5,7-8H,6,9-13H2,1-2H3;1H/q+1;/p-1. The largest absolute Gasteiger partial charge is 1.00 e. The number of nitrogens with zero attached hydrogens (tertiary/aromatic N) is 1. The summed E-state index contributed by atoms with van der Waals surface area (Å²) >= 11 is 2.38. The van der Waals surface area contributed by atoms with Crippen LogP contribution in [0.2, 0.25) is 0 Å². The zero-order valence-electron chi connectivity index (χ0n) is 13.6. The zero-order valence-corrected chi connectivity index (χ0v) is 17.9. The van der Waals surface area contributed by atoms with E-state index in [-0.39, 0.29) is 35.5 Å². The fourth-order valence-electron chi connectivity index (χ4n) is 2.54. The van der Waals surface area contributed by atoms with Crippen molar-refractivity contribution >= 4 is 34.5 Å². The molecule has 0 fully saturated rings. The summed E-state index contributed by atoms with van der Waals surface area (Å²) in [7, 11) is 0. The Bertz CT molecular complexity index is 548. The molecule has 0 aliphatic carbocycles. The predicted molar refractivity (Wildman–Crippen MR) is 94.5 cm³/mol. The molecule has 1 heterocycles. The van der Waals surface area contributed by atoms with Crippen LogP contribution in [0.4, 0.5) is 0 Å².